The van der Waals surface area contributed by atoms with E-state index in [-0.39, 0.29) is 32.4 Å². The zero-order valence-electron chi connectivity index (χ0n) is 14.2. The van der Waals surface area contributed by atoms with Crippen LogP contribution in [0.4, 0.5) is 4.39 Å². The number of nitrogens with zero attached hydrogens (tertiary/aromatic N) is 2. The van der Waals surface area contributed by atoms with E-state index in [4.69, 9.17) is 11.6 Å². The van der Waals surface area contributed by atoms with Crippen LogP contribution in [0.2, 0.25) is 5.02 Å². The Morgan fingerprint density at radius 1 is 1.04 bits per heavy atom. The Labute approximate surface area is 165 Å². The molecule has 0 spiro atoms. The summed E-state index contributed by atoms with van der Waals surface area (Å²) in [5.74, 6) is -0.729. The number of carbonyl (C=O) groups is 1. The van der Waals surface area contributed by atoms with Gasteiger partial charge >= 0.3 is 0 Å². The molecule has 8 heteroatoms. The van der Waals surface area contributed by atoms with Crippen LogP contribution < -0.4 is 0 Å². The Balaban J connectivity index is 2.10. The van der Waals surface area contributed by atoms with E-state index >= 15 is 0 Å². The summed E-state index contributed by atoms with van der Waals surface area (Å²) in [6, 6.07) is 14.6. The van der Waals surface area contributed by atoms with Crippen molar-refractivity contribution in [2.45, 2.75) is 4.90 Å². The smallest absolute Gasteiger partial charge is 0.269 e. The highest BCUT2D eigenvalue weighted by atomic mass is 35.5. The molecule has 5 nitrogen and oxygen atoms in total. The number of hydrogen-bond acceptors (Lipinski definition) is 4. The van der Waals surface area contributed by atoms with Gasteiger partial charge in [-0.1, -0.05) is 35.9 Å². The average molecular weight is 415 g/mol. The van der Waals surface area contributed by atoms with E-state index in [0.717, 1.165) is 10.0 Å². The monoisotopic (exact) mass is 414 g/mol. The van der Waals surface area contributed by atoms with Crippen molar-refractivity contribution in [2.75, 3.05) is 0 Å². The van der Waals surface area contributed by atoms with Crippen LogP contribution >= 0.6 is 11.6 Å². The van der Waals surface area contributed by atoms with Crippen LogP contribution in [0, 0.1) is 5.82 Å². The molecular formula is C20H12ClFN2O3S. The second-order valence-electron chi connectivity index (χ2n) is 6.00. The summed E-state index contributed by atoms with van der Waals surface area (Å²) in [5, 5.41) is 0.663. The number of aldehydes is 1. The minimum absolute atomic E-state index is 0.0131. The van der Waals surface area contributed by atoms with Crippen molar-refractivity contribution in [1.82, 2.24) is 8.96 Å². The second kappa shape index (κ2) is 6.85. The molecule has 0 fully saturated rings. The fraction of sp³-hybridized carbons (Fsp3) is 0. The van der Waals surface area contributed by atoms with Crippen LogP contribution in [0.25, 0.3) is 22.3 Å². The summed E-state index contributed by atoms with van der Waals surface area (Å²) in [5.41, 5.74) is 0.310. The molecule has 140 valence electrons. The van der Waals surface area contributed by atoms with Gasteiger partial charge in [0, 0.05) is 22.7 Å². The molecule has 0 radical (unpaired) electrons. The van der Waals surface area contributed by atoms with Gasteiger partial charge in [0.05, 0.1) is 15.6 Å². The molecule has 0 amide bonds. The predicted octanol–water partition coefficient (Wildman–Crippen LogP) is 4.55. The summed E-state index contributed by atoms with van der Waals surface area (Å²) < 4.78 is 42.4. The maximum Gasteiger partial charge on any atom is 0.269 e. The molecule has 0 atom stereocenters. The molecule has 4 aromatic rings. The number of carbonyl (C=O) groups excluding carboxylic acids is 1. The van der Waals surface area contributed by atoms with E-state index in [1.54, 1.807) is 18.2 Å². The van der Waals surface area contributed by atoms with Crippen LogP contribution in [-0.4, -0.2) is 23.7 Å². The number of halogens is 2. The highest BCUT2D eigenvalue weighted by molar-refractivity contribution is 7.90. The minimum atomic E-state index is -4.09. The van der Waals surface area contributed by atoms with Crippen LogP contribution in [0.3, 0.4) is 0 Å². The highest BCUT2D eigenvalue weighted by Gasteiger charge is 2.26. The fourth-order valence-electron chi connectivity index (χ4n) is 2.98. The zero-order valence-corrected chi connectivity index (χ0v) is 15.8. The summed E-state index contributed by atoms with van der Waals surface area (Å²) in [4.78, 5) is 15.1. The maximum atomic E-state index is 14.7. The van der Waals surface area contributed by atoms with Gasteiger partial charge in [0.15, 0.2) is 5.65 Å². The van der Waals surface area contributed by atoms with Gasteiger partial charge in [-0.2, -0.15) is 0 Å². The third kappa shape index (κ3) is 2.89. The van der Waals surface area contributed by atoms with Gasteiger partial charge in [0.25, 0.3) is 10.0 Å². The number of hydrogen-bond donors (Lipinski definition) is 0. The molecule has 4 rings (SSSR count). The Morgan fingerprint density at radius 3 is 2.46 bits per heavy atom. The first-order valence-electron chi connectivity index (χ1n) is 8.15. The number of rotatable bonds is 4. The van der Waals surface area contributed by atoms with E-state index in [2.05, 4.69) is 4.98 Å². The van der Waals surface area contributed by atoms with Gasteiger partial charge < -0.3 is 0 Å². The molecule has 0 aliphatic rings. The summed E-state index contributed by atoms with van der Waals surface area (Å²) in [6.07, 6.45) is 1.90. The van der Waals surface area contributed by atoms with Gasteiger partial charge in [-0.3, -0.25) is 4.79 Å². The third-order valence-corrected chi connectivity index (χ3v) is 6.34. The molecule has 2 heterocycles. The lowest BCUT2D eigenvalue weighted by Crippen LogP contribution is -2.15. The van der Waals surface area contributed by atoms with Crippen molar-refractivity contribution in [2.24, 2.45) is 0 Å². The first kappa shape index (κ1) is 18.3. The van der Waals surface area contributed by atoms with Crippen LogP contribution in [0.5, 0.6) is 0 Å². The molecule has 28 heavy (non-hydrogen) atoms. The fourth-order valence-corrected chi connectivity index (χ4v) is 4.68. The van der Waals surface area contributed by atoms with E-state index in [1.807, 2.05) is 0 Å². The lowest BCUT2D eigenvalue weighted by Gasteiger charge is -2.12. The van der Waals surface area contributed by atoms with Crippen molar-refractivity contribution in [3.05, 3.63) is 83.3 Å². The molecule has 0 aliphatic heterocycles. The zero-order chi connectivity index (χ0) is 19.9. The molecule has 0 bridgehead atoms. The minimum Gasteiger partial charge on any atom is -0.298 e. The van der Waals surface area contributed by atoms with Crippen LogP contribution in [0.15, 0.2) is 71.8 Å². The SMILES string of the molecule is O=Cc1ccc(-c2cc3c(Cl)ccnc3n2S(=O)(=O)c2ccccc2)c(F)c1. The topological polar surface area (TPSA) is 69.0 Å². The number of benzene rings is 2. The highest BCUT2D eigenvalue weighted by Crippen LogP contribution is 2.35. The standard InChI is InChI=1S/C20H12ClFN2O3S/c21-17-8-9-23-20-16(17)11-19(15-7-6-13(12-25)10-18(15)22)24(20)28(26,27)14-4-2-1-3-5-14/h1-12H. The Bertz CT molecular complexity index is 1320. The number of fused-ring (bicyclic) bond motifs is 1. The van der Waals surface area contributed by atoms with Gasteiger partial charge in [0.2, 0.25) is 0 Å². The Morgan fingerprint density at radius 2 is 1.79 bits per heavy atom. The molecule has 0 N–H and O–H groups in total. The molecule has 2 aromatic heterocycles. The maximum absolute atomic E-state index is 14.7. The molecule has 0 aliphatic carbocycles. The first-order chi connectivity index (χ1) is 13.4. The molecule has 0 saturated heterocycles. The largest absolute Gasteiger partial charge is 0.298 e. The van der Waals surface area contributed by atoms with Gasteiger partial charge in [-0.25, -0.2) is 21.8 Å². The van der Waals surface area contributed by atoms with Crippen LogP contribution in [0.1, 0.15) is 10.4 Å². The molecular weight excluding hydrogens is 403 g/mol. The first-order valence-corrected chi connectivity index (χ1v) is 9.97. The van der Waals surface area contributed by atoms with Crippen LogP contribution in [-0.2, 0) is 10.0 Å². The lowest BCUT2D eigenvalue weighted by molar-refractivity contribution is 0.112. The van der Waals surface area contributed by atoms with Crippen molar-refractivity contribution in [3.63, 3.8) is 0 Å². The summed E-state index contributed by atoms with van der Waals surface area (Å²) in [7, 11) is -4.09. The normalized spacial score (nSPS) is 11.6. The van der Waals surface area contributed by atoms with Gasteiger partial charge in [-0.05, 0) is 36.4 Å². The predicted molar refractivity (Wildman–Crippen MR) is 105 cm³/mol. The summed E-state index contributed by atoms with van der Waals surface area (Å²) >= 11 is 6.23. The quantitative estimate of drug-likeness (QED) is 0.459. The lowest BCUT2D eigenvalue weighted by atomic mass is 10.1. The van der Waals surface area contributed by atoms with E-state index in [1.165, 1.54) is 42.6 Å². The second-order valence-corrected chi connectivity index (χ2v) is 8.19. The molecule has 2 aromatic carbocycles. The van der Waals surface area contributed by atoms with E-state index in [0.29, 0.717) is 11.7 Å². The van der Waals surface area contributed by atoms with Gasteiger partial charge in [0.1, 0.15) is 12.1 Å². The van der Waals surface area contributed by atoms with Crippen molar-refractivity contribution >= 4 is 38.9 Å². The van der Waals surface area contributed by atoms with Crippen molar-refractivity contribution in [1.29, 1.82) is 0 Å². The Hall–Kier alpha value is -3.03. The molecule has 0 saturated carbocycles. The van der Waals surface area contributed by atoms with Gasteiger partial charge in [-0.15, -0.1) is 0 Å². The van der Waals surface area contributed by atoms with E-state index in [9.17, 15) is 17.6 Å². The average Bonchev–Trinajstić information content (AvgIpc) is 3.10. The van der Waals surface area contributed by atoms with E-state index < -0.39 is 15.8 Å². The number of pyridine rings is 1. The summed E-state index contributed by atoms with van der Waals surface area (Å²) in [6.45, 7) is 0. The Kier molecular flexibility index (Phi) is 4.49. The molecule has 0 unspecified atom stereocenters. The number of aromatic nitrogens is 2. The third-order valence-electron chi connectivity index (χ3n) is 4.29. The van der Waals surface area contributed by atoms with Crippen molar-refractivity contribution in [3.8, 4) is 11.3 Å². The van der Waals surface area contributed by atoms with Crippen molar-refractivity contribution < 1.29 is 17.6 Å².